The number of ketones is 1. The largest absolute Gasteiger partial charge is 0.289 e. The van der Waals surface area contributed by atoms with Crippen LogP contribution in [0.15, 0.2) is 84.9 Å². The summed E-state index contributed by atoms with van der Waals surface area (Å²) in [5, 5.41) is 0. The van der Waals surface area contributed by atoms with Gasteiger partial charge in [0.25, 0.3) is 0 Å². The molecule has 25 heavy (non-hydrogen) atoms. The van der Waals surface area contributed by atoms with Crippen LogP contribution in [0.3, 0.4) is 0 Å². The molecule has 0 saturated heterocycles. The maximum atomic E-state index is 12.5. The van der Waals surface area contributed by atoms with Gasteiger partial charge in [0.05, 0.1) is 0 Å². The predicted octanol–water partition coefficient (Wildman–Crippen LogP) is 5.83. The van der Waals surface area contributed by atoms with Crippen LogP contribution in [-0.4, -0.2) is 5.78 Å². The van der Waals surface area contributed by atoms with Crippen molar-refractivity contribution in [2.24, 2.45) is 0 Å². The Morgan fingerprint density at radius 1 is 0.800 bits per heavy atom. The van der Waals surface area contributed by atoms with E-state index in [2.05, 4.69) is 55.5 Å². The quantitative estimate of drug-likeness (QED) is 0.552. The molecule has 1 heteroatoms. The first-order chi connectivity index (χ1) is 12.2. The van der Waals surface area contributed by atoms with Crippen LogP contribution in [0.1, 0.15) is 51.4 Å². The minimum absolute atomic E-state index is 0.0749. The van der Waals surface area contributed by atoms with E-state index in [-0.39, 0.29) is 5.78 Å². The fraction of sp³-hybridized carbons (Fsp3) is 0.125. The third-order valence-corrected chi connectivity index (χ3v) is 5.11. The lowest BCUT2D eigenvalue weighted by Gasteiger charge is -2.20. The van der Waals surface area contributed by atoms with Gasteiger partial charge in [-0.25, -0.2) is 0 Å². The molecule has 1 aliphatic carbocycles. The number of allylic oxidation sites excluding steroid dienone is 1. The first-order valence-corrected chi connectivity index (χ1v) is 8.71. The van der Waals surface area contributed by atoms with Crippen molar-refractivity contribution in [1.29, 1.82) is 0 Å². The standard InChI is InChI=1S/C24H20O/c1-17(22-16-15-19-7-5-6-10-23(19)22)18-11-13-21(14-12-18)24(25)20-8-3-2-4-9-20/h2-17,22H,1H3. The second-order valence-electron chi connectivity index (χ2n) is 6.62. The first-order valence-electron chi connectivity index (χ1n) is 8.71. The van der Waals surface area contributed by atoms with Gasteiger partial charge in [-0.2, -0.15) is 0 Å². The van der Waals surface area contributed by atoms with E-state index in [0.717, 1.165) is 11.1 Å². The van der Waals surface area contributed by atoms with E-state index in [1.165, 1.54) is 16.7 Å². The highest BCUT2D eigenvalue weighted by molar-refractivity contribution is 6.08. The Bertz CT molecular complexity index is 920. The highest BCUT2D eigenvalue weighted by Gasteiger charge is 2.23. The highest BCUT2D eigenvalue weighted by Crippen LogP contribution is 2.40. The molecule has 2 atom stereocenters. The smallest absolute Gasteiger partial charge is 0.193 e. The summed E-state index contributed by atoms with van der Waals surface area (Å²) in [7, 11) is 0. The molecule has 0 amide bonds. The Morgan fingerprint density at radius 3 is 2.20 bits per heavy atom. The van der Waals surface area contributed by atoms with Crippen LogP contribution in [-0.2, 0) is 0 Å². The zero-order valence-electron chi connectivity index (χ0n) is 14.2. The molecule has 0 bridgehead atoms. The van der Waals surface area contributed by atoms with Crippen LogP contribution < -0.4 is 0 Å². The van der Waals surface area contributed by atoms with E-state index in [1.54, 1.807) is 0 Å². The summed E-state index contributed by atoms with van der Waals surface area (Å²) in [6.45, 7) is 2.26. The number of carbonyl (C=O) groups excluding carboxylic acids is 1. The van der Waals surface area contributed by atoms with Crippen LogP contribution in [0.4, 0.5) is 0 Å². The van der Waals surface area contributed by atoms with Crippen LogP contribution >= 0.6 is 0 Å². The van der Waals surface area contributed by atoms with E-state index in [1.807, 2.05) is 42.5 Å². The molecule has 0 radical (unpaired) electrons. The normalized spacial score (nSPS) is 16.4. The minimum Gasteiger partial charge on any atom is -0.289 e. The molecule has 122 valence electrons. The molecule has 0 N–H and O–H groups in total. The van der Waals surface area contributed by atoms with E-state index in [4.69, 9.17) is 0 Å². The molecular weight excluding hydrogens is 304 g/mol. The molecule has 0 heterocycles. The fourth-order valence-corrected chi connectivity index (χ4v) is 3.61. The van der Waals surface area contributed by atoms with E-state index in [0.29, 0.717) is 11.8 Å². The summed E-state index contributed by atoms with van der Waals surface area (Å²) in [6, 6.07) is 26.1. The Labute approximate surface area is 148 Å². The highest BCUT2D eigenvalue weighted by atomic mass is 16.1. The van der Waals surface area contributed by atoms with Gasteiger partial charge in [-0.05, 0) is 22.6 Å². The molecule has 1 aliphatic rings. The summed E-state index contributed by atoms with van der Waals surface area (Å²) in [4.78, 5) is 12.5. The van der Waals surface area contributed by atoms with Gasteiger partial charge in [0.2, 0.25) is 0 Å². The number of carbonyl (C=O) groups is 1. The van der Waals surface area contributed by atoms with Gasteiger partial charge >= 0.3 is 0 Å². The maximum absolute atomic E-state index is 12.5. The lowest BCUT2D eigenvalue weighted by molar-refractivity contribution is 0.103. The number of rotatable bonds is 4. The van der Waals surface area contributed by atoms with E-state index < -0.39 is 0 Å². The SMILES string of the molecule is CC(c1ccc(C(=O)c2ccccc2)cc1)C1C=Cc2ccccc21. The zero-order valence-corrected chi connectivity index (χ0v) is 14.2. The van der Waals surface area contributed by atoms with Crippen molar-refractivity contribution in [3.63, 3.8) is 0 Å². The zero-order chi connectivity index (χ0) is 17.2. The molecular formula is C24H20O. The van der Waals surface area contributed by atoms with Crippen LogP contribution in [0.25, 0.3) is 6.08 Å². The molecule has 3 aromatic carbocycles. The molecule has 0 aromatic heterocycles. The van der Waals surface area contributed by atoms with Gasteiger partial charge in [-0.3, -0.25) is 4.79 Å². The second kappa shape index (κ2) is 6.52. The first kappa shape index (κ1) is 15.6. The number of hydrogen-bond donors (Lipinski definition) is 0. The van der Waals surface area contributed by atoms with Crippen molar-refractivity contribution in [3.8, 4) is 0 Å². The van der Waals surface area contributed by atoms with E-state index >= 15 is 0 Å². The molecule has 0 spiro atoms. The average Bonchev–Trinajstić information content (AvgIpc) is 3.12. The van der Waals surface area contributed by atoms with Gasteiger partial charge in [0.1, 0.15) is 0 Å². The lowest BCUT2D eigenvalue weighted by atomic mass is 9.83. The number of fused-ring (bicyclic) bond motifs is 1. The molecule has 0 saturated carbocycles. The summed E-state index contributed by atoms with van der Waals surface area (Å²) in [5.41, 5.74) is 5.44. The Morgan fingerprint density at radius 2 is 1.44 bits per heavy atom. The summed E-state index contributed by atoms with van der Waals surface area (Å²) >= 11 is 0. The molecule has 1 nitrogen and oxygen atoms in total. The summed E-state index contributed by atoms with van der Waals surface area (Å²) < 4.78 is 0. The summed E-state index contributed by atoms with van der Waals surface area (Å²) in [6.07, 6.45) is 4.50. The van der Waals surface area contributed by atoms with Gasteiger partial charge in [0, 0.05) is 17.0 Å². The van der Waals surface area contributed by atoms with Crippen molar-refractivity contribution in [3.05, 3.63) is 113 Å². The van der Waals surface area contributed by atoms with Crippen LogP contribution in [0, 0.1) is 0 Å². The minimum atomic E-state index is 0.0749. The van der Waals surface area contributed by atoms with Crippen molar-refractivity contribution in [1.82, 2.24) is 0 Å². The predicted molar refractivity (Wildman–Crippen MR) is 103 cm³/mol. The molecule has 0 fully saturated rings. The Kier molecular flexibility index (Phi) is 4.07. The average molecular weight is 324 g/mol. The molecule has 0 aliphatic heterocycles. The third kappa shape index (κ3) is 2.94. The fourth-order valence-electron chi connectivity index (χ4n) is 3.61. The molecule has 2 unspecified atom stereocenters. The van der Waals surface area contributed by atoms with Crippen molar-refractivity contribution in [2.75, 3.05) is 0 Å². The maximum Gasteiger partial charge on any atom is 0.193 e. The lowest BCUT2D eigenvalue weighted by Crippen LogP contribution is -2.06. The van der Waals surface area contributed by atoms with Crippen molar-refractivity contribution in [2.45, 2.75) is 18.8 Å². The van der Waals surface area contributed by atoms with Gasteiger partial charge in [-0.15, -0.1) is 0 Å². The van der Waals surface area contributed by atoms with Crippen LogP contribution in [0.2, 0.25) is 0 Å². The van der Waals surface area contributed by atoms with Crippen LogP contribution in [0.5, 0.6) is 0 Å². The topological polar surface area (TPSA) is 17.1 Å². The summed E-state index contributed by atoms with van der Waals surface area (Å²) in [5.74, 6) is 0.846. The van der Waals surface area contributed by atoms with Gasteiger partial charge in [0.15, 0.2) is 5.78 Å². The van der Waals surface area contributed by atoms with E-state index in [9.17, 15) is 4.79 Å². The third-order valence-electron chi connectivity index (χ3n) is 5.11. The number of hydrogen-bond acceptors (Lipinski definition) is 1. The number of benzene rings is 3. The second-order valence-corrected chi connectivity index (χ2v) is 6.62. The monoisotopic (exact) mass is 324 g/mol. The van der Waals surface area contributed by atoms with Crippen molar-refractivity contribution >= 4 is 11.9 Å². The van der Waals surface area contributed by atoms with Gasteiger partial charge < -0.3 is 0 Å². The Hall–Kier alpha value is -2.93. The van der Waals surface area contributed by atoms with Gasteiger partial charge in [-0.1, -0.05) is 97.9 Å². The molecule has 4 rings (SSSR count). The molecule has 3 aromatic rings. The van der Waals surface area contributed by atoms with Crippen molar-refractivity contribution < 1.29 is 4.79 Å². The Balaban J connectivity index is 1.57.